The van der Waals surface area contributed by atoms with Gasteiger partial charge in [-0.25, -0.2) is 4.98 Å². The van der Waals surface area contributed by atoms with Gasteiger partial charge in [-0.15, -0.1) is 0 Å². The summed E-state index contributed by atoms with van der Waals surface area (Å²) in [6.45, 7) is 1.47. The predicted octanol–water partition coefficient (Wildman–Crippen LogP) is 4.05. The fourth-order valence-electron chi connectivity index (χ4n) is 2.60. The first-order valence-corrected chi connectivity index (χ1v) is 9.41. The van der Waals surface area contributed by atoms with Crippen LogP contribution in [0.3, 0.4) is 0 Å². The van der Waals surface area contributed by atoms with Gasteiger partial charge in [0.15, 0.2) is 5.78 Å². The lowest BCUT2D eigenvalue weighted by molar-refractivity contribution is -0.113. The Bertz CT molecular complexity index is 1110. The van der Waals surface area contributed by atoms with E-state index in [4.69, 9.17) is 4.74 Å². The van der Waals surface area contributed by atoms with Crippen LogP contribution in [0.2, 0.25) is 0 Å². The molecule has 0 aliphatic carbocycles. The van der Waals surface area contributed by atoms with E-state index in [-0.39, 0.29) is 17.4 Å². The number of anilines is 1. The smallest absolute Gasteiger partial charge is 0.234 e. The molecule has 0 fully saturated rings. The minimum Gasteiger partial charge on any atom is -0.497 e. The first kappa shape index (κ1) is 19.4. The van der Waals surface area contributed by atoms with E-state index in [1.54, 1.807) is 43.5 Å². The number of rotatable bonds is 6. The molecule has 0 aliphatic rings. The van der Waals surface area contributed by atoms with Crippen molar-refractivity contribution >= 4 is 40.0 Å². The van der Waals surface area contributed by atoms with Crippen LogP contribution < -0.4 is 10.1 Å². The highest BCUT2D eigenvalue weighted by Gasteiger charge is 2.11. The summed E-state index contributed by atoms with van der Waals surface area (Å²) in [7, 11) is 1.58. The number of benzene rings is 2. The zero-order valence-electron chi connectivity index (χ0n) is 15.4. The van der Waals surface area contributed by atoms with E-state index in [2.05, 4.69) is 16.4 Å². The van der Waals surface area contributed by atoms with Crippen LogP contribution in [0.4, 0.5) is 5.69 Å². The topological polar surface area (TPSA) is 92.1 Å². The Hall–Kier alpha value is -3.37. The summed E-state index contributed by atoms with van der Waals surface area (Å²) in [5.41, 5.74) is 2.20. The largest absolute Gasteiger partial charge is 0.497 e. The van der Waals surface area contributed by atoms with Crippen LogP contribution in [-0.4, -0.2) is 29.5 Å². The highest BCUT2D eigenvalue weighted by Crippen LogP contribution is 2.27. The van der Waals surface area contributed by atoms with Gasteiger partial charge in [-0.2, -0.15) is 5.26 Å². The van der Waals surface area contributed by atoms with Gasteiger partial charge >= 0.3 is 0 Å². The van der Waals surface area contributed by atoms with Crippen molar-refractivity contribution in [3.05, 3.63) is 59.7 Å². The SMILES string of the molecule is COc1ccc2nc(SCC(=O)Nc3cccc(C(C)=O)c3)c(C#N)cc2c1. The van der Waals surface area contributed by atoms with Gasteiger partial charge < -0.3 is 10.1 Å². The van der Waals surface area contributed by atoms with E-state index in [1.807, 2.05) is 12.1 Å². The van der Waals surface area contributed by atoms with Crippen LogP contribution in [0.5, 0.6) is 5.75 Å². The molecule has 1 heterocycles. The number of ether oxygens (including phenoxy) is 1. The highest BCUT2D eigenvalue weighted by molar-refractivity contribution is 8.00. The monoisotopic (exact) mass is 391 g/mol. The summed E-state index contributed by atoms with van der Waals surface area (Å²) >= 11 is 1.19. The van der Waals surface area contributed by atoms with Crippen molar-refractivity contribution in [2.24, 2.45) is 0 Å². The van der Waals surface area contributed by atoms with E-state index >= 15 is 0 Å². The number of ketones is 1. The van der Waals surface area contributed by atoms with Crippen molar-refractivity contribution in [2.45, 2.75) is 11.9 Å². The number of carbonyl (C=O) groups excluding carboxylic acids is 2. The number of thioether (sulfide) groups is 1. The number of pyridine rings is 1. The number of nitriles is 1. The molecule has 140 valence electrons. The van der Waals surface area contributed by atoms with Crippen LogP contribution in [0.1, 0.15) is 22.8 Å². The lowest BCUT2D eigenvalue weighted by Gasteiger charge is -2.08. The molecule has 0 saturated carbocycles. The molecular weight excluding hydrogens is 374 g/mol. The van der Waals surface area contributed by atoms with Crippen molar-refractivity contribution in [1.29, 1.82) is 5.26 Å². The van der Waals surface area contributed by atoms with Crippen LogP contribution >= 0.6 is 11.8 Å². The number of Topliss-reactive ketones (excluding diaryl/α,β-unsaturated/α-hetero) is 1. The standard InChI is InChI=1S/C21H17N3O3S/c1-13(25)14-4-3-5-17(9-14)23-20(26)12-28-21-16(11-22)8-15-10-18(27-2)6-7-19(15)24-21/h3-10H,12H2,1-2H3,(H,23,26). The van der Waals surface area contributed by atoms with Gasteiger partial charge in [0.25, 0.3) is 0 Å². The Kier molecular flexibility index (Phi) is 5.92. The number of carbonyl (C=O) groups is 2. The van der Waals surface area contributed by atoms with Crippen LogP contribution in [0.25, 0.3) is 10.9 Å². The molecule has 3 aromatic rings. The van der Waals surface area contributed by atoms with Gasteiger partial charge in [0.05, 0.1) is 23.9 Å². The summed E-state index contributed by atoms with van der Waals surface area (Å²) in [6, 6.07) is 16.0. The molecule has 3 rings (SSSR count). The fraction of sp³-hybridized carbons (Fsp3) is 0.143. The Labute approximate surface area is 166 Å². The molecule has 0 radical (unpaired) electrons. The number of nitrogens with zero attached hydrogens (tertiary/aromatic N) is 2. The third-order valence-corrected chi connectivity index (χ3v) is 4.99. The second kappa shape index (κ2) is 8.55. The van der Waals surface area contributed by atoms with E-state index in [9.17, 15) is 14.9 Å². The molecule has 28 heavy (non-hydrogen) atoms. The van der Waals surface area contributed by atoms with E-state index in [0.29, 0.717) is 27.6 Å². The third kappa shape index (κ3) is 4.48. The fourth-order valence-corrected chi connectivity index (χ4v) is 3.36. The molecule has 0 bridgehead atoms. The second-order valence-electron chi connectivity index (χ2n) is 5.99. The number of aromatic nitrogens is 1. The number of methoxy groups -OCH3 is 1. The lowest BCUT2D eigenvalue weighted by atomic mass is 10.1. The van der Waals surface area contributed by atoms with E-state index in [1.165, 1.54) is 18.7 Å². The van der Waals surface area contributed by atoms with Gasteiger partial charge in [-0.3, -0.25) is 9.59 Å². The molecule has 1 aromatic heterocycles. The van der Waals surface area contributed by atoms with Gasteiger partial charge in [0.1, 0.15) is 16.8 Å². The van der Waals surface area contributed by atoms with Gasteiger partial charge in [0.2, 0.25) is 5.91 Å². The average Bonchev–Trinajstić information content (AvgIpc) is 2.71. The first-order valence-electron chi connectivity index (χ1n) is 8.42. The van der Waals surface area contributed by atoms with Gasteiger partial charge in [-0.05, 0) is 43.3 Å². The van der Waals surface area contributed by atoms with Crippen molar-refractivity contribution in [2.75, 3.05) is 18.2 Å². The Morgan fingerprint density at radius 1 is 1.21 bits per heavy atom. The van der Waals surface area contributed by atoms with Crippen LogP contribution in [-0.2, 0) is 4.79 Å². The second-order valence-corrected chi connectivity index (χ2v) is 6.95. The lowest BCUT2D eigenvalue weighted by Crippen LogP contribution is -2.14. The van der Waals surface area contributed by atoms with Crippen LogP contribution in [0.15, 0.2) is 53.6 Å². The molecule has 0 saturated heterocycles. The van der Waals surface area contributed by atoms with Crippen molar-refractivity contribution in [1.82, 2.24) is 4.98 Å². The van der Waals surface area contributed by atoms with Crippen molar-refractivity contribution in [3.8, 4) is 11.8 Å². The number of hydrogen-bond donors (Lipinski definition) is 1. The third-order valence-electron chi connectivity index (χ3n) is 4.00. The van der Waals surface area contributed by atoms with Crippen molar-refractivity contribution in [3.63, 3.8) is 0 Å². The molecule has 0 atom stereocenters. The summed E-state index contributed by atoms with van der Waals surface area (Å²) in [5, 5.41) is 13.5. The van der Waals surface area contributed by atoms with Gasteiger partial charge in [0, 0.05) is 16.6 Å². The average molecular weight is 391 g/mol. The summed E-state index contributed by atoms with van der Waals surface area (Å²) in [6.07, 6.45) is 0. The maximum absolute atomic E-state index is 12.3. The number of fused-ring (bicyclic) bond motifs is 1. The molecule has 1 amide bonds. The minimum absolute atomic E-state index is 0.0684. The zero-order chi connectivity index (χ0) is 20.1. The molecule has 2 aromatic carbocycles. The van der Waals surface area contributed by atoms with Gasteiger partial charge in [-0.1, -0.05) is 23.9 Å². The van der Waals surface area contributed by atoms with E-state index < -0.39 is 0 Å². The highest BCUT2D eigenvalue weighted by atomic mass is 32.2. The summed E-state index contributed by atoms with van der Waals surface area (Å²) in [4.78, 5) is 28.2. The minimum atomic E-state index is -0.244. The zero-order valence-corrected chi connectivity index (χ0v) is 16.2. The Morgan fingerprint density at radius 3 is 2.75 bits per heavy atom. The maximum Gasteiger partial charge on any atom is 0.234 e. The molecule has 7 heteroatoms. The summed E-state index contributed by atoms with van der Waals surface area (Å²) in [5.74, 6) is 0.464. The molecule has 0 spiro atoms. The summed E-state index contributed by atoms with van der Waals surface area (Å²) < 4.78 is 5.19. The molecule has 0 unspecified atom stereocenters. The predicted molar refractivity (Wildman–Crippen MR) is 109 cm³/mol. The number of nitrogens with one attached hydrogen (secondary N) is 1. The molecular formula is C21H17N3O3S. The molecule has 1 N–H and O–H groups in total. The normalized spacial score (nSPS) is 10.3. The Balaban J connectivity index is 1.74. The Morgan fingerprint density at radius 2 is 2.04 bits per heavy atom. The molecule has 6 nitrogen and oxygen atoms in total. The number of amides is 1. The number of hydrogen-bond acceptors (Lipinski definition) is 6. The quantitative estimate of drug-likeness (QED) is 0.503. The van der Waals surface area contributed by atoms with Crippen molar-refractivity contribution < 1.29 is 14.3 Å². The van der Waals surface area contributed by atoms with E-state index in [0.717, 1.165) is 10.9 Å². The molecule has 0 aliphatic heterocycles. The maximum atomic E-state index is 12.3. The van der Waals surface area contributed by atoms with Crippen LogP contribution in [0, 0.1) is 11.3 Å². The first-order chi connectivity index (χ1) is 13.5.